The third kappa shape index (κ3) is 3.92. The van der Waals surface area contributed by atoms with E-state index in [0.717, 1.165) is 30.7 Å². The van der Waals surface area contributed by atoms with Crippen LogP contribution in [-0.4, -0.2) is 45.6 Å². The molecule has 0 radical (unpaired) electrons. The molecular weight excluding hydrogens is 392 g/mol. The minimum Gasteiger partial charge on any atom is -0.336 e. The van der Waals surface area contributed by atoms with E-state index in [4.69, 9.17) is 5.84 Å². The molecule has 0 amide bonds. The molecule has 2 aromatic rings. The van der Waals surface area contributed by atoms with Gasteiger partial charge in [-0.2, -0.15) is 4.31 Å². The zero-order chi connectivity index (χ0) is 19.8. The predicted molar refractivity (Wildman–Crippen MR) is 99.3 cm³/mol. The van der Waals surface area contributed by atoms with Gasteiger partial charge in [-0.25, -0.2) is 13.1 Å². The van der Waals surface area contributed by atoms with Gasteiger partial charge in [0.15, 0.2) is 0 Å². The van der Waals surface area contributed by atoms with Crippen molar-refractivity contribution in [1.29, 1.82) is 0 Å². The van der Waals surface area contributed by atoms with Crippen molar-refractivity contribution >= 4 is 27.5 Å². The summed E-state index contributed by atoms with van der Waals surface area (Å²) in [6, 6.07) is 3.89. The van der Waals surface area contributed by atoms with E-state index in [0.29, 0.717) is 24.8 Å². The van der Waals surface area contributed by atoms with Crippen LogP contribution in [-0.2, 0) is 10.0 Å². The van der Waals surface area contributed by atoms with Crippen LogP contribution in [0.3, 0.4) is 0 Å². The summed E-state index contributed by atoms with van der Waals surface area (Å²) in [6.45, 7) is 4.58. The summed E-state index contributed by atoms with van der Waals surface area (Å²) in [4.78, 5) is 11.1. The summed E-state index contributed by atoms with van der Waals surface area (Å²) in [5.74, 6) is 6.71. The first-order valence-corrected chi connectivity index (χ1v) is 10.6. The van der Waals surface area contributed by atoms with Gasteiger partial charge >= 0.3 is 0 Å². The van der Waals surface area contributed by atoms with Crippen LogP contribution in [0.1, 0.15) is 25.6 Å². The Balaban J connectivity index is 1.94. The van der Waals surface area contributed by atoms with Crippen molar-refractivity contribution < 1.29 is 13.3 Å². The van der Waals surface area contributed by atoms with Gasteiger partial charge in [0.2, 0.25) is 15.2 Å². The molecule has 0 saturated carbocycles. The lowest BCUT2D eigenvalue weighted by molar-refractivity contribution is -0.388. The number of hydrogen-bond donors (Lipinski definition) is 1. The summed E-state index contributed by atoms with van der Waals surface area (Å²) < 4.78 is 28.3. The number of nitro groups is 1. The second-order valence-corrected chi connectivity index (χ2v) is 9.42. The molecule has 3 rings (SSSR count). The molecule has 1 aliphatic heterocycles. The fraction of sp³-hybridized carbons (Fsp3) is 0.467. The van der Waals surface area contributed by atoms with E-state index in [-0.39, 0.29) is 20.6 Å². The summed E-state index contributed by atoms with van der Waals surface area (Å²) in [6.07, 6.45) is 1.56. The molecule has 0 spiro atoms. The monoisotopic (exact) mass is 412 g/mol. The van der Waals surface area contributed by atoms with Gasteiger partial charge in [0.1, 0.15) is 5.82 Å². The molecule has 0 aliphatic carbocycles. The number of hydrogen-bond acceptors (Lipinski definition) is 8. The van der Waals surface area contributed by atoms with Crippen molar-refractivity contribution in [2.45, 2.75) is 41.6 Å². The number of aromatic nitrogens is 3. The Kier molecular flexibility index (Phi) is 5.40. The van der Waals surface area contributed by atoms with E-state index in [9.17, 15) is 18.5 Å². The highest BCUT2D eigenvalue weighted by Crippen LogP contribution is 2.36. The average molecular weight is 412 g/mol. The maximum absolute atomic E-state index is 12.8. The highest BCUT2D eigenvalue weighted by atomic mass is 32.2. The summed E-state index contributed by atoms with van der Waals surface area (Å²) in [7, 11) is -3.77. The molecule has 2 heterocycles. The largest absolute Gasteiger partial charge is 0.336 e. The lowest BCUT2D eigenvalue weighted by atomic mass is 10.0. The normalized spacial score (nSPS) is 16.5. The predicted octanol–water partition coefficient (Wildman–Crippen LogP) is 1.78. The number of nitro benzene ring substituents is 1. The van der Waals surface area contributed by atoms with Crippen molar-refractivity contribution in [3.8, 4) is 0 Å². The molecule has 146 valence electrons. The highest BCUT2D eigenvalue weighted by Gasteiger charge is 2.30. The maximum atomic E-state index is 12.8. The Bertz CT molecular complexity index is 967. The van der Waals surface area contributed by atoms with Gasteiger partial charge in [0, 0.05) is 19.2 Å². The van der Waals surface area contributed by atoms with Crippen molar-refractivity contribution in [3.05, 3.63) is 34.1 Å². The quantitative estimate of drug-likeness (QED) is 0.446. The van der Waals surface area contributed by atoms with Gasteiger partial charge in [-0.15, -0.1) is 10.2 Å². The SMILES string of the molecule is Cc1nnc(Sc2ccc(S(=O)(=O)N3CCC(C)CC3)cc2[N+](=O)[O-])n1N. The van der Waals surface area contributed by atoms with Crippen molar-refractivity contribution in [3.63, 3.8) is 0 Å². The van der Waals surface area contributed by atoms with E-state index < -0.39 is 14.9 Å². The van der Waals surface area contributed by atoms with Gasteiger partial charge in [-0.1, -0.05) is 6.92 Å². The zero-order valence-corrected chi connectivity index (χ0v) is 16.5. The standard InChI is InChI=1S/C15H20N6O4S2/c1-10-5-7-19(8-6-10)27(24,25)12-3-4-14(13(9-12)21(22)23)26-15-18-17-11(2)20(15)16/h3-4,9-10H,5-8,16H2,1-2H3. The molecule has 12 heteroatoms. The summed E-state index contributed by atoms with van der Waals surface area (Å²) in [5, 5.41) is 19.5. The van der Waals surface area contributed by atoms with Crippen LogP contribution in [0.15, 0.2) is 33.1 Å². The van der Waals surface area contributed by atoms with E-state index in [2.05, 4.69) is 17.1 Å². The number of aryl methyl sites for hydroxylation is 1. The number of nitrogen functional groups attached to an aromatic ring is 1. The molecule has 27 heavy (non-hydrogen) atoms. The van der Waals surface area contributed by atoms with Gasteiger partial charge in [0.25, 0.3) is 5.69 Å². The average Bonchev–Trinajstić information content (AvgIpc) is 2.94. The van der Waals surface area contributed by atoms with Gasteiger partial charge < -0.3 is 5.84 Å². The minimum atomic E-state index is -3.77. The molecule has 0 unspecified atom stereocenters. The summed E-state index contributed by atoms with van der Waals surface area (Å²) in [5.41, 5.74) is -0.313. The number of nitrogens with two attached hydrogens (primary N) is 1. The Hall–Kier alpha value is -2.18. The fourth-order valence-electron chi connectivity index (χ4n) is 2.78. The van der Waals surface area contributed by atoms with Gasteiger partial charge in [0.05, 0.1) is 14.7 Å². The van der Waals surface area contributed by atoms with Crippen LogP contribution >= 0.6 is 11.8 Å². The number of rotatable bonds is 5. The van der Waals surface area contributed by atoms with Crippen LogP contribution in [0.25, 0.3) is 0 Å². The smallest absolute Gasteiger partial charge is 0.284 e. The first-order chi connectivity index (χ1) is 12.7. The third-order valence-electron chi connectivity index (χ3n) is 4.54. The maximum Gasteiger partial charge on any atom is 0.284 e. The van der Waals surface area contributed by atoms with E-state index >= 15 is 0 Å². The second kappa shape index (κ2) is 7.44. The van der Waals surface area contributed by atoms with Crippen molar-refractivity contribution in [2.75, 3.05) is 18.9 Å². The molecule has 1 aromatic carbocycles. The third-order valence-corrected chi connectivity index (χ3v) is 7.46. The molecule has 2 N–H and O–H groups in total. The first-order valence-electron chi connectivity index (χ1n) is 8.33. The molecule has 10 nitrogen and oxygen atoms in total. The Morgan fingerprint density at radius 2 is 1.96 bits per heavy atom. The fourth-order valence-corrected chi connectivity index (χ4v) is 5.15. The highest BCUT2D eigenvalue weighted by molar-refractivity contribution is 7.99. The Morgan fingerprint density at radius 1 is 1.30 bits per heavy atom. The lowest BCUT2D eigenvalue weighted by Gasteiger charge is -2.29. The van der Waals surface area contributed by atoms with Crippen LogP contribution in [0.5, 0.6) is 0 Å². The van der Waals surface area contributed by atoms with E-state index in [1.54, 1.807) is 6.92 Å². The van der Waals surface area contributed by atoms with Crippen LogP contribution in [0, 0.1) is 23.0 Å². The number of nitrogens with zero attached hydrogens (tertiary/aromatic N) is 5. The lowest BCUT2D eigenvalue weighted by Crippen LogP contribution is -2.37. The van der Waals surface area contributed by atoms with E-state index in [1.165, 1.54) is 21.1 Å². The van der Waals surface area contributed by atoms with Crippen LogP contribution in [0.4, 0.5) is 5.69 Å². The second-order valence-electron chi connectivity index (χ2n) is 6.48. The van der Waals surface area contributed by atoms with Crippen molar-refractivity contribution in [2.24, 2.45) is 5.92 Å². The Morgan fingerprint density at radius 3 is 2.52 bits per heavy atom. The molecular formula is C15H20N6O4S2. The molecule has 1 saturated heterocycles. The molecule has 1 aromatic heterocycles. The molecule has 1 fully saturated rings. The molecule has 0 atom stereocenters. The van der Waals surface area contributed by atoms with Crippen LogP contribution < -0.4 is 5.84 Å². The molecule has 0 bridgehead atoms. The molecule has 1 aliphatic rings. The van der Waals surface area contributed by atoms with Crippen LogP contribution in [0.2, 0.25) is 0 Å². The number of benzene rings is 1. The van der Waals surface area contributed by atoms with E-state index in [1.807, 2.05) is 0 Å². The first kappa shape index (κ1) is 19.6. The van der Waals surface area contributed by atoms with Gasteiger partial charge in [-0.05, 0) is 49.6 Å². The number of sulfonamides is 1. The zero-order valence-electron chi connectivity index (χ0n) is 14.9. The topological polar surface area (TPSA) is 137 Å². The Labute approximate surface area is 160 Å². The minimum absolute atomic E-state index is 0.0847. The van der Waals surface area contributed by atoms with Gasteiger partial charge in [-0.3, -0.25) is 10.1 Å². The number of piperidine rings is 1. The summed E-state index contributed by atoms with van der Waals surface area (Å²) >= 11 is 0.959. The van der Waals surface area contributed by atoms with Crippen molar-refractivity contribution in [1.82, 2.24) is 19.2 Å².